The summed E-state index contributed by atoms with van der Waals surface area (Å²) in [5.74, 6) is -1.51. The highest BCUT2D eigenvalue weighted by molar-refractivity contribution is 7.22. The fraction of sp³-hybridized carbons (Fsp3) is 0.297. The Labute approximate surface area is 283 Å². The van der Waals surface area contributed by atoms with Crippen LogP contribution in [0.2, 0.25) is 0 Å². The molecule has 6 rings (SSSR count). The second-order valence-corrected chi connectivity index (χ2v) is 14.5. The molecule has 11 heteroatoms. The molecule has 1 aliphatic heterocycles. The molecule has 48 heavy (non-hydrogen) atoms. The van der Waals surface area contributed by atoms with Gasteiger partial charge in [-0.1, -0.05) is 41.7 Å². The monoisotopic (exact) mass is 663 g/mol. The Morgan fingerprint density at radius 1 is 0.812 bits per heavy atom. The molecule has 0 radical (unpaired) electrons. The van der Waals surface area contributed by atoms with Crippen molar-refractivity contribution < 1.29 is 23.9 Å². The average molecular weight is 664 g/mol. The van der Waals surface area contributed by atoms with E-state index in [-0.39, 0.29) is 17.3 Å². The largest absolute Gasteiger partial charge is 0.455 e. The molecule has 3 aromatic heterocycles. The van der Waals surface area contributed by atoms with E-state index in [1.54, 1.807) is 59.9 Å². The molecule has 0 saturated heterocycles. The third kappa shape index (κ3) is 7.06. The number of rotatable bonds is 6. The molecule has 1 N–H and O–H groups in total. The molecule has 0 atom stereocenters. The van der Waals surface area contributed by atoms with Crippen LogP contribution in [-0.4, -0.2) is 50.5 Å². The minimum Gasteiger partial charge on any atom is -0.455 e. The molecular weight excluding hydrogens is 627 g/mol. The summed E-state index contributed by atoms with van der Waals surface area (Å²) in [5, 5.41) is 3.52. The number of hydrogen-bond acceptors (Lipinski definition) is 10. The summed E-state index contributed by atoms with van der Waals surface area (Å²) < 4.78 is 12.5. The Morgan fingerprint density at radius 2 is 1.52 bits per heavy atom. The molecule has 1 amide bonds. The highest BCUT2D eigenvalue weighted by Gasteiger charge is 2.32. The van der Waals surface area contributed by atoms with Gasteiger partial charge in [0.25, 0.3) is 5.91 Å². The fourth-order valence-electron chi connectivity index (χ4n) is 5.65. The Bertz CT molecular complexity index is 2010. The van der Waals surface area contributed by atoms with E-state index in [0.717, 1.165) is 21.3 Å². The maximum absolute atomic E-state index is 13.7. The van der Waals surface area contributed by atoms with Crippen LogP contribution in [0.1, 0.15) is 84.0 Å². The lowest BCUT2D eigenvalue weighted by molar-refractivity contribution is 0.00486. The van der Waals surface area contributed by atoms with Gasteiger partial charge in [-0.3, -0.25) is 10.1 Å². The van der Waals surface area contributed by atoms with Crippen molar-refractivity contribution in [1.82, 2.24) is 15.0 Å². The molecule has 0 aliphatic carbocycles. The number of amides is 1. The van der Waals surface area contributed by atoms with Gasteiger partial charge < -0.3 is 14.4 Å². The maximum Gasteiger partial charge on any atom is 0.358 e. The summed E-state index contributed by atoms with van der Waals surface area (Å²) in [6, 6.07) is 18.7. The van der Waals surface area contributed by atoms with E-state index in [1.807, 2.05) is 48.5 Å². The molecule has 0 fully saturated rings. The van der Waals surface area contributed by atoms with Crippen LogP contribution in [0, 0.1) is 0 Å². The van der Waals surface area contributed by atoms with Crippen molar-refractivity contribution in [3.05, 3.63) is 101 Å². The van der Waals surface area contributed by atoms with E-state index in [4.69, 9.17) is 9.47 Å². The highest BCUT2D eigenvalue weighted by Crippen LogP contribution is 2.39. The van der Waals surface area contributed by atoms with Crippen molar-refractivity contribution in [3.63, 3.8) is 0 Å². The van der Waals surface area contributed by atoms with Gasteiger partial charge in [0.2, 0.25) is 0 Å². The van der Waals surface area contributed by atoms with Crippen molar-refractivity contribution in [2.24, 2.45) is 0 Å². The number of nitrogens with zero attached hydrogens (tertiary/aromatic N) is 4. The number of pyridine rings is 2. The number of anilines is 2. The molecule has 5 aromatic rings. The first kappa shape index (κ1) is 32.8. The first-order valence-electron chi connectivity index (χ1n) is 15.7. The number of esters is 2. The van der Waals surface area contributed by atoms with Crippen LogP contribution in [0.5, 0.6) is 0 Å². The van der Waals surface area contributed by atoms with Crippen LogP contribution < -0.4 is 10.2 Å². The van der Waals surface area contributed by atoms with Crippen LogP contribution in [0.15, 0.2) is 73.1 Å². The van der Waals surface area contributed by atoms with Crippen LogP contribution in [0.3, 0.4) is 0 Å². The van der Waals surface area contributed by atoms with E-state index in [2.05, 4.69) is 25.2 Å². The first-order valence-corrected chi connectivity index (χ1v) is 16.5. The van der Waals surface area contributed by atoms with E-state index in [0.29, 0.717) is 47.0 Å². The van der Waals surface area contributed by atoms with Crippen molar-refractivity contribution in [2.45, 2.75) is 65.7 Å². The maximum atomic E-state index is 13.7. The zero-order chi connectivity index (χ0) is 34.2. The highest BCUT2D eigenvalue weighted by atomic mass is 32.1. The summed E-state index contributed by atoms with van der Waals surface area (Å²) in [5.41, 5.74) is 3.28. The number of nitrogens with one attached hydrogen (secondary N) is 1. The Morgan fingerprint density at radius 3 is 2.25 bits per heavy atom. The molecule has 0 saturated carbocycles. The van der Waals surface area contributed by atoms with E-state index in [9.17, 15) is 14.4 Å². The minimum absolute atomic E-state index is 0.0490. The topological polar surface area (TPSA) is 124 Å². The molecule has 2 aromatic carbocycles. The van der Waals surface area contributed by atoms with Gasteiger partial charge >= 0.3 is 11.9 Å². The zero-order valence-corrected chi connectivity index (χ0v) is 28.6. The van der Waals surface area contributed by atoms with Gasteiger partial charge in [-0.15, -0.1) is 0 Å². The second kappa shape index (κ2) is 12.8. The standard InChI is InChI=1S/C37H37N5O5S/c1-36(2,3)46-33(44)30-24(13-10-18-38-30)29-27(16-19-39-31(29)34(45)47-37(4,5)6)42-20-17-22-11-9-12-23(25(22)21-42)32(43)41-35-40-26-14-7-8-15-28(26)48-35/h7-16,18-19H,17,20-21H2,1-6H3,(H,40,41,43). The summed E-state index contributed by atoms with van der Waals surface area (Å²) in [6.07, 6.45) is 3.72. The Kier molecular flexibility index (Phi) is 8.74. The Balaban J connectivity index is 1.42. The normalized spacial score (nSPS) is 13.2. The number of thiazole rings is 1. The van der Waals surface area contributed by atoms with Crippen molar-refractivity contribution in [2.75, 3.05) is 16.8 Å². The molecular formula is C37H37N5O5S. The number of aromatic nitrogens is 3. The van der Waals surface area contributed by atoms with Gasteiger partial charge in [0.1, 0.15) is 11.2 Å². The summed E-state index contributed by atoms with van der Waals surface area (Å²) in [6.45, 7) is 11.7. The fourth-order valence-corrected chi connectivity index (χ4v) is 6.51. The van der Waals surface area contributed by atoms with Gasteiger partial charge in [-0.25, -0.2) is 24.5 Å². The summed E-state index contributed by atoms with van der Waals surface area (Å²) in [7, 11) is 0. The number of para-hydroxylation sites is 1. The molecule has 4 heterocycles. The lowest BCUT2D eigenvalue weighted by Gasteiger charge is -2.34. The minimum atomic E-state index is -0.787. The number of fused-ring (bicyclic) bond motifs is 2. The molecule has 1 aliphatic rings. The summed E-state index contributed by atoms with van der Waals surface area (Å²) in [4.78, 5) is 56.4. The third-order valence-electron chi connectivity index (χ3n) is 7.56. The van der Waals surface area contributed by atoms with Gasteiger partial charge in [0.15, 0.2) is 16.5 Å². The van der Waals surface area contributed by atoms with Crippen LogP contribution >= 0.6 is 11.3 Å². The van der Waals surface area contributed by atoms with E-state index < -0.39 is 23.1 Å². The smallest absolute Gasteiger partial charge is 0.358 e. The number of ether oxygens (including phenoxy) is 2. The number of carbonyl (C=O) groups is 3. The number of carbonyl (C=O) groups excluding carboxylic acids is 3. The van der Waals surface area contributed by atoms with Gasteiger partial charge in [0, 0.05) is 47.9 Å². The number of hydrogen-bond donors (Lipinski definition) is 1. The Hall–Kier alpha value is -5.16. The van der Waals surface area contributed by atoms with E-state index >= 15 is 0 Å². The lowest BCUT2D eigenvalue weighted by Crippen LogP contribution is -2.33. The molecule has 0 unspecified atom stereocenters. The first-order chi connectivity index (χ1) is 22.8. The van der Waals surface area contributed by atoms with Crippen molar-refractivity contribution >= 4 is 50.2 Å². The molecule has 0 bridgehead atoms. The molecule has 0 spiro atoms. The molecule has 246 valence electrons. The predicted octanol–water partition coefficient (Wildman–Crippen LogP) is 7.48. The van der Waals surface area contributed by atoms with Crippen molar-refractivity contribution in [1.29, 1.82) is 0 Å². The second-order valence-electron chi connectivity index (χ2n) is 13.5. The van der Waals surface area contributed by atoms with Crippen molar-refractivity contribution in [3.8, 4) is 11.1 Å². The van der Waals surface area contributed by atoms with Gasteiger partial charge in [-0.2, -0.15) is 0 Å². The quantitative estimate of drug-likeness (QED) is 0.184. The number of benzene rings is 2. The average Bonchev–Trinajstić information content (AvgIpc) is 3.44. The van der Waals surface area contributed by atoms with Gasteiger partial charge in [0.05, 0.1) is 10.2 Å². The third-order valence-corrected chi connectivity index (χ3v) is 8.52. The van der Waals surface area contributed by atoms with Crippen LogP contribution in [0.4, 0.5) is 10.8 Å². The van der Waals surface area contributed by atoms with Crippen LogP contribution in [0.25, 0.3) is 21.3 Å². The SMILES string of the molecule is CC(C)(C)OC(=O)c1ncccc1-c1c(N2CCc3cccc(C(=O)Nc4nc5ccccc5s4)c3C2)ccnc1C(=O)OC(C)(C)C. The summed E-state index contributed by atoms with van der Waals surface area (Å²) >= 11 is 1.42. The lowest BCUT2D eigenvalue weighted by atomic mass is 9.92. The molecule has 10 nitrogen and oxygen atoms in total. The van der Waals surface area contributed by atoms with Crippen LogP contribution in [-0.2, 0) is 22.4 Å². The van der Waals surface area contributed by atoms with E-state index in [1.165, 1.54) is 17.5 Å². The van der Waals surface area contributed by atoms with Gasteiger partial charge in [-0.05, 0) is 89.4 Å². The predicted molar refractivity (Wildman–Crippen MR) is 187 cm³/mol. The zero-order valence-electron chi connectivity index (χ0n) is 27.8.